The van der Waals surface area contributed by atoms with Gasteiger partial charge in [0.25, 0.3) is 0 Å². The van der Waals surface area contributed by atoms with Crippen molar-refractivity contribution in [2.24, 2.45) is 0 Å². The fourth-order valence-electron chi connectivity index (χ4n) is 0.267. The molecule has 0 aromatic rings. The molecule has 0 aromatic heterocycles. The summed E-state index contributed by atoms with van der Waals surface area (Å²) < 4.78 is 4.62. The average Bonchev–Trinajstić information content (AvgIpc) is 1.81. The van der Waals surface area contributed by atoms with Gasteiger partial charge in [0.2, 0.25) is 0 Å². The summed E-state index contributed by atoms with van der Waals surface area (Å²) in [6, 6.07) is 0. The lowest BCUT2D eigenvalue weighted by molar-refractivity contribution is 0.338. The van der Waals surface area contributed by atoms with Crippen molar-refractivity contribution in [1.29, 1.82) is 0 Å². The monoisotopic (exact) mass is 110 g/mol. The SMILES string of the molecule is C=C/C=C\C=C/OC. The van der Waals surface area contributed by atoms with Crippen LogP contribution >= 0.6 is 0 Å². The fourth-order valence-corrected chi connectivity index (χ4v) is 0.267. The predicted molar refractivity (Wildman–Crippen MR) is 35.5 cm³/mol. The Morgan fingerprint density at radius 1 is 1.25 bits per heavy atom. The molecule has 0 N–H and O–H groups in total. The maximum atomic E-state index is 4.62. The molecular formula is C7H10O. The van der Waals surface area contributed by atoms with Crippen molar-refractivity contribution >= 4 is 0 Å². The van der Waals surface area contributed by atoms with Crippen LogP contribution in [0.4, 0.5) is 0 Å². The molecule has 0 bridgehead atoms. The Bertz CT molecular complexity index is 101. The quantitative estimate of drug-likeness (QED) is 0.398. The zero-order valence-electron chi connectivity index (χ0n) is 5.00. The molecular weight excluding hydrogens is 100 g/mol. The first-order valence-corrected chi connectivity index (χ1v) is 2.39. The molecule has 0 saturated carbocycles. The Kier molecular flexibility index (Phi) is 5.28. The molecule has 1 nitrogen and oxygen atoms in total. The van der Waals surface area contributed by atoms with E-state index in [4.69, 9.17) is 0 Å². The molecule has 0 rings (SSSR count). The molecule has 0 radical (unpaired) electrons. The van der Waals surface area contributed by atoms with Crippen LogP contribution in [0.2, 0.25) is 0 Å². The Balaban J connectivity index is 3.26. The van der Waals surface area contributed by atoms with E-state index < -0.39 is 0 Å². The Hall–Kier alpha value is -0.980. The lowest BCUT2D eigenvalue weighted by Gasteiger charge is -1.79. The van der Waals surface area contributed by atoms with E-state index in [1.807, 2.05) is 12.2 Å². The van der Waals surface area contributed by atoms with E-state index in [1.54, 1.807) is 25.5 Å². The van der Waals surface area contributed by atoms with E-state index in [9.17, 15) is 0 Å². The molecule has 0 aliphatic heterocycles. The first-order chi connectivity index (χ1) is 3.91. The van der Waals surface area contributed by atoms with E-state index in [1.165, 1.54) is 0 Å². The van der Waals surface area contributed by atoms with E-state index in [0.29, 0.717) is 0 Å². The molecule has 0 fully saturated rings. The van der Waals surface area contributed by atoms with Crippen molar-refractivity contribution in [2.75, 3.05) is 7.11 Å². The summed E-state index contributed by atoms with van der Waals surface area (Å²) >= 11 is 0. The molecule has 8 heavy (non-hydrogen) atoms. The van der Waals surface area contributed by atoms with Crippen LogP contribution in [0.5, 0.6) is 0 Å². The highest BCUT2D eigenvalue weighted by Gasteiger charge is 1.57. The molecule has 0 aliphatic rings. The number of hydrogen-bond donors (Lipinski definition) is 0. The molecule has 1 heteroatoms. The van der Waals surface area contributed by atoms with E-state index >= 15 is 0 Å². The molecule has 0 amide bonds. The van der Waals surface area contributed by atoms with Gasteiger partial charge in [-0.1, -0.05) is 24.8 Å². The number of rotatable bonds is 3. The van der Waals surface area contributed by atoms with Gasteiger partial charge in [-0.3, -0.25) is 0 Å². The normalized spacial score (nSPS) is 10.6. The highest BCUT2D eigenvalue weighted by Crippen LogP contribution is 1.76. The van der Waals surface area contributed by atoms with E-state index in [-0.39, 0.29) is 0 Å². The lowest BCUT2D eigenvalue weighted by Crippen LogP contribution is -1.59. The minimum absolute atomic E-state index is 1.60. The van der Waals surface area contributed by atoms with Gasteiger partial charge in [0.1, 0.15) is 0 Å². The largest absolute Gasteiger partial charge is 0.504 e. The van der Waals surface area contributed by atoms with Gasteiger partial charge in [-0.15, -0.1) is 0 Å². The second kappa shape index (κ2) is 6.02. The highest BCUT2D eigenvalue weighted by atomic mass is 16.5. The zero-order chi connectivity index (χ0) is 6.24. The van der Waals surface area contributed by atoms with Crippen LogP contribution in [-0.4, -0.2) is 7.11 Å². The third-order valence-corrected chi connectivity index (χ3v) is 0.573. The molecule has 44 valence electrons. The van der Waals surface area contributed by atoms with Crippen LogP contribution in [-0.2, 0) is 4.74 Å². The smallest absolute Gasteiger partial charge is 0.0824 e. The van der Waals surface area contributed by atoms with Crippen molar-refractivity contribution in [2.45, 2.75) is 0 Å². The van der Waals surface area contributed by atoms with E-state index in [2.05, 4.69) is 11.3 Å². The first-order valence-electron chi connectivity index (χ1n) is 2.39. The standard InChI is InChI=1S/C7H10O/c1-3-4-5-6-7-8-2/h3-7H,1H2,2H3/b5-4-,7-6-. The summed E-state index contributed by atoms with van der Waals surface area (Å²) in [4.78, 5) is 0. The first kappa shape index (κ1) is 7.02. The van der Waals surface area contributed by atoms with Gasteiger partial charge in [0.05, 0.1) is 13.4 Å². The van der Waals surface area contributed by atoms with Crippen molar-refractivity contribution in [3.8, 4) is 0 Å². The number of allylic oxidation sites excluding steroid dienone is 4. The van der Waals surface area contributed by atoms with Crippen molar-refractivity contribution in [3.63, 3.8) is 0 Å². The van der Waals surface area contributed by atoms with Crippen LogP contribution in [0.1, 0.15) is 0 Å². The summed E-state index contributed by atoms with van der Waals surface area (Å²) in [6.45, 7) is 3.50. The number of ether oxygens (including phenoxy) is 1. The van der Waals surface area contributed by atoms with E-state index in [0.717, 1.165) is 0 Å². The summed E-state index contributed by atoms with van der Waals surface area (Å²) in [5.74, 6) is 0. The fraction of sp³-hybridized carbons (Fsp3) is 0.143. The Labute approximate surface area is 50.0 Å². The predicted octanol–water partition coefficient (Wildman–Crippen LogP) is 1.89. The maximum Gasteiger partial charge on any atom is 0.0824 e. The topological polar surface area (TPSA) is 9.23 Å². The second-order valence-corrected chi connectivity index (χ2v) is 1.18. The average molecular weight is 110 g/mol. The zero-order valence-corrected chi connectivity index (χ0v) is 5.00. The van der Waals surface area contributed by atoms with Crippen LogP contribution in [0.25, 0.3) is 0 Å². The summed E-state index contributed by atoms with van der Waals surface area (Å²) in [5, 5.41) is 0. The van der Waals surface area contributed by atoms with Crippen LogP contribution in [0.3, 0.4) is 0 Å². The third-order valence-electron chi connectivity index (χ3n) is 0.573. The molecule has 0 atom stereocenters. The van der Waals surface area contributed by atoms with Crippen molar-refractivity contribution in [3.05, 3.63) is 37.1 Å². The van der Waals surface area contributed by atoms with Gasteiger partial charge >= 0.3 is 0 Å². The molecule has 0 saturated heterocycles. The Morgan fingerprint density at radius 3 is 2.50 bits per heavy atom. The van der Waals surface area contributed by atoms with Gasteiger partial charge < -0.3 is 4.74 Å². The van der Waals surface area contributed by atoms with Gasteiger partial charge in [-0.25, -0.2) is 0 Å². The molecule has 0 spiro atoms. The van der Waals surface area contributed by atoms with Crippen LogP contribution in [0, 0.1) is 0 Å². The summed E-state index contributed by atoms with van der Waals surface area (Å²) in [5.41, 5.74) is 0. The summed E-state index contributed by atoms with van der Waals surface area (Å²) in [6.07, 6.45) is 8.77. The highest BCUT2D eigenvalue weighted by molar-refractivity contribution is 5.06. The molecule has 0 heterocycles. The minimum Gasteiger partial charge on any atom is -0.504 e. The molecule has 0 unspecified atom stereocenters. The minimum atomic E-state index is 1.60. The van der Waals surface area contributed by atoms with Gasteiger partial charge in [0, 0.05) is 0 Å². The lowest BCUT2D eigenvalue weighted by atomic mass is 10.5. The maximum absolute atomic E-state index is 4.62. The number of methoxy groups -OCH3 is 1. The van der Waals surface area contributed by atoms with Crippen molar-refractivity contribution in [1.82, 2.24) is 0 Å². The van der Waals surface area contributed by atoms with Gasteiger partial charge in [-0.2, -0.15) is 0 Å². The second-order valence-electron chi connectivity index (χ2n) is 1.18. The third kappa shape index (κ3) is 5.02. The van der Waals surface area contributed by atoms with Crippen molar-refractivity contribution < 1.29 is 4.74 Å². The summed E-state index contributed by atoms with van der Waals surface area (Å²) in [7, 11) is 1.61. The van der Waals surface area contributed by atoms with Gasteiger partial charge in [0.15, 0.2) is 0 Å². The van der Waals surface area contributed by atoms with Gasteiger partial charge in [-0.05, 0) is 6.08 Å². The number of hydrogen-bond acceptors (Lipinski definition) is 1. The molecule has 0 aliphatic carbocycles. The molecule has 0 aromatic carbocycles. The van der Waals surface area contributed by atoms with Crippen LogP contribution in [0.15, 0.2) is 37.1 Å². The Morgan fingerprint density at radius 2 is 2.00 bits per heavy atom. The van der Waals surface area contributed by atoms with Crippen LogP contribution < -0.4 is 0 Å².